The maximum Gasteiger partial charge on any atom is 0.272 e. The molecule has 3 nitrogen and oxygen atoms in total. The van der Waals surface area contributed by atoms with Gasteiger partial charge >= 0.3 is 0 Å². The van der Waals surface area contributed by atoms with Crippen LogP contribution in [0.25, 0.3) is 6.08 Å². The molecule has 2 aliphatic heterocycles. The molecule has 0 aromatic carbocycles. The van der Waals surface area contributed by atoms with E-state index in [-0.39, 0.29) is 13.1 Å². The second-order valence-corrected chi connectivity index (χ2v) is 8.24. The van der Waals surface area contributed by atoms with E-state index in [1.807, 2.05) is 17.2 Å². The molecule has 1 aromatic heterocycles. The molecule has 2 saturated carbocycles. The molecule has 0 radical (unpaired) electrons. The molecule has 0 spiro atoms. The zero-order valence-electron chi connectivity index (χ0n) is 14.5. The monoisotopic (exact) mass is 345 g/mol. The Labute approximate surface area is 147 Å². The van der Waals surface area contributed by atoms with Crippen LogP contribution in [0.15, 0.2) is 24.0 Å². The highest BCUT2D eigenvalue weighted by atomic mass is 19.3. The Bertz CT molecular complexity index is 682. The molecular formula is C20H25F2N3. The first-order chi connectivity index (χ1) is 12.1. The summed E-state index contributed by atoms with van der Waals surface area (Å²) < 4.78 is 26.3. The molecule has 0 bridgehead atoms. The lowest BCUT2D eigenvalue weighted by Crippen LogP contribution is -2.60. The van der Waals surface area contributed by atoms with E-state index in [9.17, 15) is 8.78 Å². The molecule has 25 heavy (non-hydrogen) atoms. The zero-order chi connectivity index (χ0) is 17.0. The third kappa shape index (κ3) is 2.97. The molecule has 3 heterocycles. The Morgan fingerprint density at radius 1 is 1.00 bits per heavy atom. The molecule has 1 saturated heterocycles. The molecule has 0 amide bonds. The van der Waals surface area contributed by atoms with Crippen molar-refractivity contribution in [2.75, 3.05) is 13.1 Å². The molecule has 4 aliphatic rings. The van der Waals surface area contributed by atoms with Crippen LogP contribution in [0, 0.1) is 5.92 Å². The summed E-state index contributed by atoms with van der Waals surface area (Å²) in [6, 6.07) is 5.12. The maximum atomic E-state index is 13.1. The van der Waals surface area contributed by atoms with E-state index < -0.39 is 5.92 Å². The van der Waals surface area contributed by atoms with Gasteiger partial charge in [-0.25, -0.2) is 8.78 Å². The lowest BCUT2D eigenvalue weighted by molar-refractivity contribution is -0.151. The van der Waals surface area contributed by atoms with Crippen molar-refractivity contribution in [3.05, 3.63) is 35.3 Å². The van der Waals surface area contributed by atoms with Gasteiger partial charge in [-0.2, -0.15) is 0 Å². The molecular weight excluding hydrogens is 320 g/mol. The van der Waals surface area contributed by atoms with Crippen LogP contribution in [0.2, 0.25) is 0 Å². The number of hydrogen-bond donors (Lipinski definition) is 0. The summed E-state index contributed by atoms with van der Waals surface area (Å²) in [5, 5.41) is 0. The number of aromatic nitrogens is 1. The molecule has 0 atom stereocenters. The summed E-state index contributed by atoms with van der Waals surface area (Å²) in [5.74, 6) is -1.73. The van der Waals surface area contributed by atoms with Crippen LogP contribution in [0.1, 0.15) is 49.8 Å². The van der Waals surface area contributed by atoms with Crippen LogP contribution in [0.4, 0.5) is 8.78 Å². The highest BCUT2D eigenvalue weighted by Crippen LogP contribution is 2.44. The summed E-state index contributed by atoms with van der Waals surface area (Å²) in [7, 11) is 0. The Hall–Kier alpha value is -1.49. The summed E-state index contributed by atoms with van der Waals surface area (Å²) in [6.45, 7) is 0.902. The Morgan fingerprint density at radius 3 is 2.40 bits per heavy atom. The van der Waals surface area contributed by atoms with Crippen molar-refractivity contribution in [3.8, 4) is 0 Å². The van der Waals surface area contributed by atoms with Gasteiger partial charge in [-0.3, -0.25) is 9.88 Å². The molecule has 0 unspecified atom stereocenters. The molecule has 5 heteroatoms. The summed E-state index contributed by atoms with van der Waals surface area (Å²) in [5.41, 5.74) is 3.93. The number of halogens is 2. The van der Waals surface area contributed by atoms with E-state index in [0.29, 0.717) is 18.0 Å². The summed E-state index contributed by atoms with van der Waals surface area (Å²) in [4.78, 5) is 9.15. The van der Waals surface area contributed by atoms with Crippen LogP contribution < -0.4 is 0 Å². The number of nitrogens with zero attached hydrogens (tertiary/aromatic N) is 3. The first-order valence-electron chi connectivity index (χ1n) is 9.63. The number of fused-ring (bicyclic) bond motifs is 1. The number of likely N-dealkylation sites (tertiary alicyclic amines) is 1. The van der Waals surface area contributed by atoms with Crippen molar-refractivity contribution < 1.29 is 8.78 Å². The minimum absolute atomic E-state index is 0.0294. The van der Waals surface area contributed by atoms with Gasteiger partial charge in [0.25, 0.3) is 5.92 Å². The number of pyridine rings is 1. The summed E-state index contributed by atoms with van der Waals surface area (Å²) in [6.07, 6.45) is 11.1. The normalized spacial score (nSPS) is 31.9. The fraction of sp³-hybridized carbons (Fsp3) is 0.650. The molecule has 5 rings (SSSR count). The van der Waals surface area contributed by atoms with E-state index in [1.54, 1.807) is 0 Å². The van der Waals surface area contributed by atoms with Crippen molar-refractivity contribution in [3.63, 3.8) is 0 Å². The standard InChI is InChI=1S/C20H25F2N3/c21-20(22)12-24(13-20)16-5-7-17(8-6-16)25-11-15-2-1-9-23-18(15)10-19(25)14-3-4-14/h1-2,9-10,14,16-17H,3-8,11-13H2. The van der Waals surface area contributed by atoms with E-state index in [1.165, 1.54) is 24.1 Å². The van der Waals surface area contributed by atoms with Gasteiger partial charge in [0.1, 0.15) is 0 Å². The van der Waals surface area contributed by atoms with Crippen LogP contribution in [-0.4, -0.2) is 45.9 Å². The van der Waals surface area contributed by atoms with E-state index in [4.69, 9.17) is 0 Å². The lowest BCUT2D eigenvalue weighted by Gasteiger charge is -2.48. The van der Waals surface area contributed by atoms with Crippen LogP contribution in [0.3, 0.4) is 0 Å². The quantitative estimate of drug-likeness (QED) is 0.828. The fourth-order valence-corrected chi connectivity index (χ4v) is 4.82. The third-order valence-corrected chi connectivity index (χ3v) is 6.37. The molecule has 1 aromatic rings. The number of rotatable bonds is 3. The average Bonchev–Trinajstić information content (AvgIpc) is 3.44. The second-order valence-electron chi connectivity index (χ2n) is 8.24. The van der Waals surface area contributed by atoms with Crippen molar-refractivity contribution in [1.82, 2.24) is 14.8 Å². The topological polar surface area (TPSA) is 19.4 Å². The molecule has 3 fully saturated rings. The fourth-order valence-electron chi connectivity index (χ4n) is 4.82. The Kier molecular flexibility index (Phi) is 3.63. The van der Waals surface area contributed by atoms with Gasteiger partial charge in [0.15, 0.2) is 0 Å². The Morgan fingerprint density at radius 2 is 1.72 bits per heavy atom. The second kappa shape index (κ2) is 5.76. The maximum absolute atomic E-state index is 13.1. The van der Waals surface area contributed by atoms with E-state index in [2.05, 4.69) is 22.0 Å². The third-order valence-electron chi connectivity index (χ3n) is 6.37. The predicted octanol–water partition coefficient (Wildman–Crippen LogP) is 3.91. The highest BCUT2D eigenvalue weighted by molar-refractivity contribution is 5.56. The lowest BCUT2D eigenvalue weighted by atomic mass is 9.86. The largest absolute Gasteiger partial charge is 0.367 e. The van der Waals surface area contributed by atoms with Gasteiger partial charge in [0.2, 0.25) is 0 Å². The van der Waals surface area contributed by atoms with E-state index in [0.717, 1.165) is 37.9 Å². The molecule has 2 aliphatic carbocycles. The van der Waals surface area contributed by atoms with Gasteiger partial charge in [-0.15, -0.1) is 0 Å². The van der Waals surface area contributed by atoms with Crippen molar-refractivity contribution >= 4 is 6.08 Å². The van der Waals surface area contributed by atoms with Gasteiger partial charge in [-0.1, -0.05) is 6.07 Å². The first-order valence-corrected chi connectivity index (χ1v) is 9.63. The van der Waals surface area contributed by atoms with Crippen LogP contribution in [-0.2, 0) is 6.54 Å². The minimum Gasteiger partial charge on any atom is -0.367 e. The van der Waals surface area contributed by atoms with Crippen molar-refractivity contribution in [2.45, 2.75) is 63.1 Å². The van der Waals surface area contributed by atoms with Gasteiger partial charge in [-0.05, 0) is 62.1 Å². The van der Waals surface area contributed by atoms with Gasteiger partial charge in [0, 0.05) is 30.5 Å². The number of hydrogen-bond acceptors (Lipinski definition) is 3. The van der Waals surface area contributed by atoms with Crippen molar-refractivity contribution in [1.29, 1.82) is 0 Å². The highest BCUT2D eigenvalue weighted by Gasteiger charge is 2.47. The zero-order valence-corrected chi connectivity index (χ0v) is 14.5. The van der Waals surface area contributed by atoms with Crippen molar-refractivity contribution in [2.24, 2.45) is 5.92 Å². The molecule has 134 valence electrons. The SMILES string of the molecule is FC1(F)CN(C2CCC(N3Cc4cccnc4C=C3C3CC3)CC2)C1. The van der Waals surface area contributed by atoms with Gasteiger partial charge < -0.3 is 4.90 Å². The first kappa shape index (κ1) is 15.7. The predicted molar refractivity (Wildman–Crippen MR) is 93.0 cm³/mol. The van der Waals surface area contributed by atoms with Gasteiger partial charge in [0.05, 0.1) is 18.8 Å². The minimum atomic E-state index is -2.44. The number of alkyl halides is 2. The summed E-state index contributed by atoms with van der Waals surface area (Å²) >= 11 is 0. The van der Waals surface area contributed by atoms with E-state index >= 15 is 0 Å². The van der Waals surface area contributed by atoms with Crippen LogP contribution >= 0.6 is 0 Å². The average molecular weight is 345 g/mol. The van der Waals surface area contributed by atoms with Crippen LogP contribution in [0.5, 0.6) is 0 Å². The molecule has 0 N–H and O–H groups in total. The number of allylic oxidation sites excluding steroid dienone is 1. The smallest absolute Gasteiger partial charge is 0.272 e. The Balaban J connectivity index is 1.28.